The van der Waals surface area contributed by atoms with Crippen LogP contribution in [0.25, 0.3) is 16.1 Å². The minimum atomic E-state index is -1.00. The van der Waals surface area contributed by atoms with E-state index in [1.165, 1.54) is 12.1 Å². The number of nitrogens with one attached hydrogen (secondary N) is 1. The van der Waals surface area contributed by atoms with Gasteiger partial charge in [0.15, 0.2) is 0 Å². The Morgan fingerprint density at radius 3 is 2.58 bits per heavy atom. The summed E-state index contributed by atoms with van der Waals surface area (Å²) >= 11 is 7.90. The summed E-state index contributed by atoms with van der Waals surface area (Å²) in [6.45, 7) is 6.20. The highest BCUT2D eigenvalue weighted by molar-refractivity contribution is 7.13. The Balaban J connectivity index is 1.54. The minimum absolute atomic E-state index is 0.145. The summed E-state index contributed by atoms with van der Waals surface area (Å²) < 4.78 is 0. The lowest BCUT2D eigenvalue weighted by Gasteiger charge is -2.18. The van der Waals surface area contributed by atoms with Crippen molar-refractivity contribution in [2.75, 3.05) is 5.32 Å². The monoisotopic (exact) mass is 518 g/mol. The Morgan fingerprint density at radius 2 is 1.97 bits per heavy atom. The molecular formula is C29H27ClN2O3S. The molecular weight excluding hydrogens is 492 g/mol. The number of carboxylic acid groups (broad SMARTS) is 1. The molecule has 0 aliphatic heterocycles. The average Bonchev–Trinajstić information content (AvgIpc) is 3.53. The Kier molecular flexibility index (Phi) is 8.18. The third-order valence-electron chi connectivity index (χ3n) is 6.17. The van der Waals surface area contributed by atoms with Crippen LogP contribution in [0.2, 0.25) is 5.02 Å². The summed E-state index contributed by atoms with van der Waals surface area (Å²) in [6.07, 6.45) is 10.6. The number of anilines is 1. The van der Waals surface area contributed by atoms with Gasteiger partial charge in [0.1, 0.15) is 5.01 Å². The first-order valence-electron chi connectivity index (χ1n) is 11.7. The third kappa shape index (κ3) is 6.39. The van der Waals surface area contributed by atoms with Crippen LogP contribution in [0.5, 0.6) is 0 Å². The number of carbonyl (C=O) groups is 2. The van der Waals surface area contributed by atoms with Gasteiger partial charge in [0, 0.05) is 27.9 Å². The van der Waals surface area contributed by atoms with E-state index in [4.69, 9.17) is 16.7 Å². The second-order valence-corrected chi connectivity index (χ2v) is 10.1. The molecule has 1 saturated carbocycles. The number of aromatic nitrogens is 1. The molecule has 3 aromatic rings. The molecule has 1 aliphatic carbocycles. The van der Waals surface area contributed by atoms with Gasteiger partial charge >= 0.3 is 5.97 Å². The van der Waals surface area contributed by atoms with Crippen molar-refractivity contribution in [3.8, 4) is 10.6 Å². The van der Waals surface area contributed by atoms with Gasteiger partial charge in [-0.3, -0.25) is 4.79 Å². The number of amides is 1. The van der Waals surface area contributed by atoms with Crippen LogP contribution in [-0.2, 0) is 4.79 Å². The van der Waals surface area contributed by atoms with Crippen molar-refractivity contribution >= 4 is 46.1 Å². The van der Waals surface area contributed by atoms with E-state index in [1.54, 1.807) is 29.7 Å². The van der Waals surface area contributed by atoms with E-state index in [-0.39, 0.29) is 17.4 Å². The van der Waals surface area contributed by atoms with E-state index in [9.17, 15) is 9.59 Å². The first-order valence-corrected chi connectivity index (χ1v) is 13.0. The summed E-state index contributed by atoms with van der Waals surface area (Å²) in [6, 6.07) is 11.9. The lowest BCUT2D eigenvalue weighted by molar-refractivity contribution is -0.119. The van der Waals surface area contributed by atoms with E-state index >= 15 is 0 Å². The van der Waals surface area contributed by atoms with Gasteiger partial charge in [-0.1, -0.05) is 49.2 Å². The van der Waals surface area contributed by atoms with Crippen molar-refractivity contribution in [1.82, 2.24) is 4.98 Å². The standard InChI is InChI=1S/C29H27ClN2O3S/c1-3-20(26-17-22(30)10-13-24(26)28-31-14-15-36-28)7-4-18(2)25(16-19-5-6-19)27(33)32-23-11-8-21(9-12-23)29(34)35/h3-4,7-15,17,19,25H,2,5-6,16H2,1H3,(H,32,33)(H,34,35)/b7-4-,20-3+. The summed E-state index contributed by atoms with van der Waals surface area (Å²) in [5, 5.41) is 15.5. The number of aromatic carboxylic acids is 1. The zero-order valence-corrected chi connectivity index (χ0v) is 21.5. The van der Waals surface area contributed by atoms with E-state index in [0.29, 0.717) is 16.6 Å². The number of thiazole rings is 1. The van der Waals surface area contributed by atoms with Crippen molar-refractivity contribution in [2.45, 2.75) is 26.2 Å². The summed E-state index contributed by atoms with van der Waals surface area (Å²) in [7, 11) is 0. The molecule has 1 fully saturated rings. The first-order chi connectivity index (χ1) is 17.4. The van der Waals surface area contributed by atoms with Crippen molar-refractivity contribution < 1.29 is 14.7 Å². The normalized spacial score (nSPS) is 14.6. The molecule has 36 heavy (non-hydrogen) atoms. The fraction of sp³-hybridized carbons (Fsp3) is 0.207. The Labute approximate surface area is 219 Å². The second kappa shape index (κ2) is 11.5. The maximum atomic E-state index is 13.2. The lowest BCUT2D eigenvalue weighted by atomic mass is 9.91. The van der Waals surface area contributed by atoms with Gasteiger partial charge in [-0.05, 0) is 78.4 Å². The molecule has 0 radical (unpaired) electrons. The quantitative estimate of drug-likeness (QED) is 0.269. The zero-order chi connectivity index (χ0) is 25.7. The number of hydrogen-bond donors (Lipinski definition) is 2. The van der Waals surface area contributed by atoms with Crippen LogP contribution in [0.4, 0.5) is 5.69 Å². The number of rotatable bonds is 10. The Hall–Kier alpha value is -3.48. The molecule has 1 heterocycles. The number of nitrogens with zero attached hydrogens (tertiary/aromatic N) is 1. The smallest absolute Gasteiger partial charge is 0.335 e. The van der Waals surface area contributed by atoms with Gasteiger partial charge in [0.2, 0.25) is 5.91 Å². The predicted octanol–water partition coefficient (Wildman–Crippen LogP) is 7.73. The predicted molar refractivity (Wildman–Crippen MR) is 147 cm³/mol. The number of hydrogen-bond acceptors (Lipinski definition) is 4. The van der Waals surface area contributed by atoms with Gasteiger partial charge in [0.25, 0.3) is 0 Å². The molecule has 184 valence electrons. The van der Waals surface area contributed by atoms with Crippen molar-refractivity contribution in [3.05, 3.63) is 101 Å². The maximum Gasteiger partial charge on any atom is 0.335 e. The second-order valence-electron chi connectivity index (χ2n) is 8.78. The van der Waals surface area contributed by atoms with E-state index in [2.05, 4.69) is 16.9 Å². The van der Waals surface area contributed by atoms with Gasteiger partial charge in [-0.25, -0.2) is 9.78 Å². The molecule has 1 aromatic heterocycles. The Morgan fingerprint density at radius 1 is 1.22 bits per heavy atom. The van der Waals surface area contributed by atoms with E-state index in [0.717, 1.165) is 46.5 Å². The van der Waals surface area contributed by atoms with Crippen molar-refractivity contribution in [2.24, 2.45) is 11.8 Å². The summed E-state index contributed by atoms with van der Waals surface area (Å²) in [4.78, 5) is 28.8. The molecule has 0 spiro atoms. The molecule has 1 aliphatic rings. The van der Waals surface area contributed by atoms with Gasteiger partial charge in [0.05, 0.1) is 11.5 Å². The van der Waals surface area contributed by atoms with Crippen LogP contribution in [0.3, 0.4) is 0 Å². The topological polar surface area (TPSA) is 79.3 Å². The molecule has 0 bridgehead atoms. The van der Waals surface area contributed by atoms with Crippen LogP contribution in [-0.4, -0.2) is 22.0 Å². The Bertz CT molecular complexity index is 1320. The van der Waals surface area contributed by atoms with Crippen LogP contribution >= 0.6 is 22.9 Å². The highest BCUT2D eigenvalue weighted by Crippen LogP contribution is 2.38. The summed E-state index contributed by atoms with van der Waals surface area (Å²) in [5.41, 5.74) is 4.37. The SMILES string of the molecule is C=C(/C=C\C(=C/C)c1cc(Cl)ccc1-c1nccs1)C(CC1CC1)C(=O)Nc1ccc(C(=O)O)cc1. The number of carboxylic acids is 1. The number of carbonyl (C=O) groups excluding carboxylic acids is 1. The molecule has 5 nitrogen and oxygen atoms in total. The molecule has 2 aromatic carbocycles. The van der Waals surface area contributed by atoms with Gasteiger partial charge < -0.3 is 10.4 Å². The van der Waals surface area contributed by atoms with Crippen LogP contribution in [0.15, 0.2) is 84.4 Å². The van der Waals surface area contributed by atoms with Crippen molar-refractivity contribution in [1.29, 1.82) is 0 Å². The molecule has 1 unspecified atom stereocenters. The zero-order valence-electron chi connectivity index (χ0n) is 19.9. The fourth-order valence-electron chi connectivity index (χ4n) is 3.99. The van der Waals surface area contributed by atoms with Crippen molar-refractivity contribution in [3.63, 3.8) is 0 Å². The van der Waals surface area contributed by atoms with Gasteiger partial charge in [-0.15, -0.1) is 11.3 Å². The molecule has 7 heteroatoms. The molecule has 2 N–H and O–H groups in total. The van der Waals surface area contributed by atoms with Gasteiger partial charge in [-0.2, -0.15) is 0 Å². The first kappa shape index (κ1) is 25.6. The summed E-state index contributed by atoms with van der Waals surface area (Å²) in [5.74, 6) is -1.02. The lowest BCUT2D eigenvalue weighted by Crippen LogP contribution is -2.24. The van der Waals surface area contributed by atoms with E-state index in [1.807, 2.05) is 48.7 Å². The van der Waals surface area contributed by atoms with E-state index < -0.39 is 5.97 Å². The third-order valence-corrected chi connectivity index (χ3v) is 7.21. The highest BCUT2D eigenvalue weighted by atomic mass is 35.5. The minimum Gasteiger partial charge on any atom is -0.478 e. The molecule has 4 rings (SSSR count). The van der Waals surface area contributed by atoms with Crippen LogP contribution < -0.4 is 5.32 Å². The highest BCUT2D eigenvalue weighted by Gasteiger charge is 2.30. The maximum absolute atomic E-state index is 13.2. The van der Waals surface area contributed by atoms with Crippen LogP contribution in [0.1, 0.15) is 42.1 Å². The molecule has 0 saturated heterocycles. The number of allylic oxidation sites excluding steroid dienone is 4. The molecule has 1 amide bonds. The number of benzene rings is 2. The fourth-order valence-corrected chi connectivity index (χ4v) is 4.84. The number of halogens is 1. The average molecular weight is 519 g/mol. The van der Waals surface area contributed by atoms with Crippen LogP contribution in [0, 0.1) is 11.8 Å². The molecule has 1 atom stereocenters. The largest absolute Gasteiger partial charge is 0.478 e.